The second-order valence-electron chi connectivity index (χ2n) is 3.66. The number of halogens is 1. The van der Waals surface area contributed by atoms with Crippen molar-refractivity contribution in [1.29, 1.82) is 0 Å². The van der Waals surface area contributed by atoms with E-state index in [0.717, 1.165) is 10.2 Å². The van der Waals surface area contributed by atoms with Crippen LogP contribution >= 0.6 is 15.9 Å². The Kier molecular flexibility index (Phi) is 3.57. The Bertz CT molecular complexity index is 439. The second-order valence-corrected chi connectivity index (χ2v) is 4.57. The van der Waals surface area contributed by atoms with Gasteiger partial charge in [0, 0.05) is 22.6 Å². The van der Waals surface area contributed by atoms with E-state index in [9.17, 15) is 0 Å². The number of hydrogen-bond donors (Lipinski definition) is 1. The van der Waals surface area contributed by atoms with Crippen LogP contribution in [0.15, 0.2) is 53.3 Å². The van der Waals surface area contributed by atoms with Crippen molar-refractivity contribution in [2.24, 2.45) is 0 Å². The highest BCUT2D eigenvalue weighted by atomic mass is 79.9. The van der Waals surface area contributed by atoms with E-state index in [4.69, 9.17) is 0 Å². The Morgan fingerprint density at radius 3 is 2.56 bits per heavy atom. The monoisotopic (exact) mass is 276 g/mol. The Labute approximate surface area is 104 Å². The van der Waals surface area contributed by atoms with Gasteiger partial charge < -0.3 is 5.32 Å². The molecule has 0 aliphatic heterocycles. The van der Waals surface area contributed by atoms with E-state index in [0.29, 0.717) is 0 Å². The van der Waals surface area contributed by atoms with Crippen LogP contribution in [0.5, 0.6) is 0 Å². The summed E-state index contributed by atoms with van der Waals surface area (Å²) >= 11 is 3.42. The van der Waals surface area contributed by atoms with Crippen LogP contribution in [0.25, 0.3) is 0 Å². The van der Waals surface area contributed by atoms with Gasteiger partial charge in [0.2, 0.25) is 0 Å². The van der Waals surface area contributed by atoms with Gasteiger partial charge in [0.05, 0.1) is 6.04 Å². The van der Waals surface area contributed by atoms with Gasteiger partial charge in [0.1, 0.15) is 0 Å². The van der Waals surface area contributed by atoms with E-state index in [1.54, 1.807) is 6.20 Å². The summed E-state index contributed by atoms with van der Waals surface area (Å²) in [7, 11) is 0. The fraction of sp³-hybridized carbons (Fsp3) is 0.154. The third-order valence-electron chi connectivity index (χ3n) is 2.41. The van der Waals surface area contributed by atoms with E-state index in [1.807, 2.05) is 24.4 Å². The van der Waals surface area contributed by atoms with Gasteiger partial charge in [-0.05, 0) is 42.8 Å². The molecule has 1 aromatic heterocycles. The Morgan fingerprint density at radius 2 is 1.94 bits per heavy atom. The van der Waals surface area contributed by atoms with E-state index in [2.05, 4.69) is 51.4 Å². The van der Waals surface area contributed by atoms with Crippen molar-refractivity contribution >= 4 is 21.6 Å². The number of anilines is 1. The third kappa shape index (κ3) is 2.83. The van der Waals surface area contributed by atoms with Crippen LogP contribution < -0.4 is 5.32 Å². The summed E-state index contributed by atoms with van der Waals surface area (Å²) < 4.78 is 1.09. The maximum atomic E-state index is 4.11. The fourth-order valence-corrected chi connectivity index (χ4v) is 1.78. The minimum atomic E-state index is 0.259. The zero-order valence-electron chi connectivity index (χ0n) is 9.02. The van der Waals surface area contributed by atoms with Crippen LogP contribution in [0, 0.1) is 0 Å². The van der Waals surface area contributed by atoms with Crippen molar-refractivity contribution in [2.75, 3.05) is 5.32 Å². The van der Waals surface area contributed by atoms with Crippen LogP contribution in [-0.4, -0.2) is 4.98 Å². The van der Waals surface area contributed by atoms with Crippen molar-refractivity contribution in [3.05, 3.63) is 58.8 Å². The molecule has 0 saturated carbocycles. The molecule has 16 heavy (non-hydrogen) atoms. The summed E-state index contributed by atoms with van der Waals surface area (Å²) in [6.45, 7) is 2.12. The lowest BCUT2D eigenvalue weighted by atomic mass is 10.1. The summed E-state index contributed by atoms with van der Waals surface area (Å²) in [4.78, 5) is 4.11. The molecule has 0 radical (unpaired) electrons. The molecular formula is C13H13BrN2. The Morgan fingerprint density at radius 1 is 1.19 bits per heavy atom. The van der Waals surface area contributed by atoms with Gasteiger partial charge in [-0.25, -0.2) is 0 Å². The number of nitrogens with zero attached hydrogens (tertiary/aromatic N) is 1. The number of aromatic nitrogens is 1. The molecule has 1 unspecified atom stereocenters. The van der Waals surface area contributed by atoms with Gasteiger partial charge in [0.15, 0.2) is 0 Å². The zero-order chi connectivity index (χ0) is 11.4. The first-order chi connectivity index (χ1) is 7.75. The number of pyridine rings is 1. The predicted octanol–water partition coefficient (Wildman–Crippen LogP) is 4.02. The molecule has 0 bridgehead atoms. The van der Waals surface area contributed by atoms with E-state index in [-0.39, 0.29) is 6.04 Å². The molecule has 2 rings (SSSR count). The first-order valence-electron chi connectivity index (χ1n) is 5.18. The number of nitrogens with one attached hydrogen (secondary N) is 1. The molecule has 0 amide bonds. The van der Waals surface area contributed by atoms with E-state index < -0.39 is 0 Å². The molecule has 1 aromatic carbocycles. The fourth-order valence-electron chi connectivity index (χ4n) is 1.51. The maximum Gasteiger partial charge on any atom is 0.0500 e. The molecular weight excluding hydrogens is 264 g/mol. The second kappa shape index (κ2) is 5.12. The first kappa shape index (κ1) is 11.1. The average molecular weight is 277 g/mol. The van der Waals surface area contributed by atoms with E-state index >= 15 is 0 Å². The molecule has 2 aromatic rings. The molecule has 0 saturated heterocycles. The lowest BCUT2D eigenvalue weighted by molar-refractivity contribution is 0.876. The summed E-state index contributed by atoms with van der Waals surface area (Å²) in [5, 5.41) is 3.42. The van der Waals surface area contributed by atoms with Crippen molar-refractivity contribution in [3.8, 4) is 0 Å². The molecule has 1 N–H and O–H groups in total. The largest absolute Gasteiger partial charge is 0.378 e. The molecule has 0 aliphatic rings. The predicted molar refractivity (Wildman–Crippen MR) is 70.4 cm³/mol. The maximum absolute atomic E-state index is 4.11. The van der Waals surface area contributed by atoms with Gasteiger partial charge in [-0.15, -0.1) is 0 Å². The van der Waals surface area contributed by atoms with Crippen molar-refractivity contribution in [2.45, 2.75) is 13.0 Å². The smallest absolute Gasteiger partial charge is 0.0500 e. The first-order valence-corrected chi connectivity index (χ1v) is 5.97. The van der Waals surface area contributed by atoms with Gasteiger partial charge in [-0.2, -0.15) is 0 Å². The Balaban J connectivity index is 2.08. The highest BCUT2D eigenvalue weighted by Gasteiger charge is 2.04. The average Bonchev–Trinajstić information content (AvgIpc) is 2.33. The molecule has 82 valence electrons. The van der Waals surface area contributed by atoms with Crippen LogP contribution in [0.4, 0.5) is 5.69 Å². The summed E-state index contributed by atoms with van der Waals surface area (Å²) in [5.41, 5.74) is 2.30. The van der Waals surface area contributed by atoms with Gasteiger partial charge in [0.25, 0.3) is 0 Å². The minimum Gasteiger partial charge on any atom is -0.378 e. The molecule has 0 aliphatic carbocycles. The number of rotatable bonds is 3. The van der Waals surface area contributed by atoms with Crippen molar-refractivity contribution in [3.63, 3.8) is 0 Å². The lowest BCUT2D eigenvalue weighted by Crippen LogP contribution is -2.06. The van der Waals surface area contributed by atoms with Gasteiger partial charge in [-0.1, -0.05) is 22.0 Å². The SMILES string of the molecule is CC(Nc1ccc(Br)cc1)c1cccnc1. The molecule has 2 nitrogen and oxygen atoms in total. The topological polar surface area (TPSA) is 24.9 Å². The summed E-state index contributed by atoms with van der Waals surface area (Å²) in [6, 6.07) is 12.4. The molecule has 0 spiro atoms. The standard InChI is InChI=1S/C13H13BrN2/c1-10(11-3-2-8-15-9-11)16-13-6-4-12(14)5-7-13/h2-10,16H,1H3. The van der Waals surface area contributed by atoms with Crippen LogP contribution in [0.1, 0.15) is 18.5 Å². The minimum absolute atomic E-state index is 0.259. The highest BCUT2D eigenvalue weighted by molar-refractivity contribution is 9.10. The third-order valence-corrected chi connectivity index (χ3v) is 2.94. The van der Waals surface area contributed by atoms with Crippen molar-refractivity contribution in [1.82, 2.24) is 4.98 Å². The zero-order valence-corrected chi connectivity index (χ0v) is 10.6. The number of hydrogen-bond acceptors (Lipinski definition) is 2. The van der Waals surface area contributed by atoms with Gasteiger partial charge in [-0.3, -0.25) is 4.98 Å². The molecule has 1 atom stereocenters. The lowest BCUT2D eigenvalue weighted by Gasteiger charge is -2.15. The molecule has 3 heteroatoms. The Hall–Kier alpha value is -1.35. The van der Waals surface area contributed by atoms with Gasteiger partial charge >= 0.3 is 0 Å². The normalized spacial score (nSPS) is 12.1. The van der Waals surface area contributed by atoms with Crippen molar-refractivity contribution < 1.29 is 0 Å². The summed E-state index contributed by atoms with van der Waals surface area (Å²) in [5.74, 6) is 0. The van der Waals surface area contributed by atoms with E-state index in [1.165, 1.54) is 5.56 Å². The molecule has 1 heterocycles. The van der Waals surface area contributed by atoms with Crippen LogP contribution in [0.2, 0.25) is 0 Å². The number of benzene rings is 1. The highest BCUT2D eigenvalue weighted by Crippen LogP contribution is 2.20. The summed E-state index contributed by atoms with van der Waals surface area (Å²) in [6.07, 6.45) is 3.67. The molecule has 0 fully saturated rings. The van der Waals surface area contributed by atoms with Crippen LogP contribution in [-0.2, 0) is 0 Å². The van der Waals surface area contributed by atoms with Crippen LogP contribution in [0.3, 0.4) is 0 Å². The quantitative estimate of drug-likeness (QED) is 0.916.